The van der Waals surface area contributed by atoms with Crippen molar-refractivity contribution in [2.45, 2.75) is 45.6 Å². The second kappa shape index (κ2) is 8.87. The number of ether oxygens (including phenoxy) is 1. The molecular weight excluding hydrogens is 388 g/mol. The Hall–Kier alpha value is -2.23. The maximum Gasteiger partial charge on any atom is 0.124 e. The number of aliphatic hydroxyl groups is 1. The predicted octanol–water partition coefficient (Wildman–Crippen LogP) is 6.35. The van der Waals surface area contributed by atoms with E-state index < -0.39 is 0 Å². The minimum absolute atomic E-state index is 0.0677. The molecule has 3 aromatic rings. The number of aryl methyl sites for hydroxylation is 3. The molecule has 3 aromatic carbocycles. The van der Waals surface area contributed by atoms with Crippen molar-refractivity contribution in [2.24, 2.45) is 0 Å². The standard InChI is InChI=1S/C27H30O2S/c1-17-13-18(2)27(19(3)14-17)25-6-4-5-24-23(25)11-12-26(24)29-22-9-7-20(8-10-22)21(15-28)16-30/h4-10,13-14,21,26,28,30H,11-12,15-16H2,1-3H3/t21?,26-/m1/s1. The van der Waals surface area contributed by atoms with Crippen molar-refractivity contribution < 1.29 is 9.84 Å². The average Bonchev–Trinajstić information content (AvgIpc) is 3.13. The van der Waals surface area contributed by atoms with Crippen LogP contribution in [0.4, 0.5) is 0 Å². The van der Waals surface area contributed by atoms with E-state index in [1.54, 1.807) is 0 Å². The summed E-state index contributed by atoms with van der Waals surface area (Å²) in [6.45, 7) is 6.70. The molecule has 1 N–H and O–H groups in total. The monoisotopic (exact) mass is 418 g/mol. The fraction of sp³-hybridized carbons (Fsp3) is 0.333. The fourth-order valence-corrected chi connectivity index (χ4v) is 5.16. The van der Waals surface area contributed by atoms with Gasteiger partial charge in [-0.3, -0.25) is 0 Å². The van der Waals surface area contributed by atoms with Crippen LogP contribution in [0.2, 0.25) is 0 Å². The third-order valence-corrected chi connectivity index (χ3v) is 6.67. The molecule has 0 aromatic heterocycles. The van der Waals surface area contributed by atoms with Crippen LogP contribution in [0.3, 0.4) is 0 Å². The first-order valence-corrected chi connectivity index (χ1v) is 11.3. The summed E-state index contributed by atoms with van der Waals surface area (Å²) < 4.78 is 6.39. The van der Waals surface area contributed by atoms with Crippen molar-refractivity contribution in [3.05, 3.63) is 88.0 Å². The van der Waals surface area contributed by atoms with E-state index in [-0.39, 0.29) is 18.6 Å². The van der Waals surface area contributed by atoms with Crippen molar-refractivity contribution in [3.8, 4) is 16.9 Å². The van der Waals surface area contributed by atoms with Crippen molar-refractivity contribution in [2.75, 3.05) is 12.4 Å². The molecule has 0 bridgehead atoms. The highest BCUT2D eigenvalue weighted by Crippen LogP contribution is 2.42. The van der Waals surface area contributed by atoms with Crippen LogP contribution in [-0.4, -0.2) is 17.5 Å². The lowest BCUT2D eigenvalue weighted by atomic mass is 9.89. The third-order valence-electron chi connectivity index (χ3n) is 6.23. The molecule has 1 unspecified atom stereocenters. The Morgan fingerprint density at radius 2 is 1.73 bits per heavy atom. The average molecular weight is 419 g/mol. The molecule has 4 rings (SSSR count). The lowest BCUT2D eigenvalue weighted by molar-refractivity contribution is 0.207. The van der Waals surface area contributed by atoms with Crippen LogP contribution in [0.5, 0.6) is 5.75 Å². The maximum atomic E-state index is 9.48. The first kappa shape index (κ1) is 21.0. The van der Waals surface area contributed by atoms with Gasteiger partial charge in [0.15, 0.2) is 0 Å². The SMILES string of the molecule is Cc1cc(C)c(-c2cccc3c2CC[C@H]3Oc2ccc(C(CO)CS)cc2)c(C)c1. The summed E-state index contributed by atoms with van der Waals surface area (Å²) in [7, 11) is 0. The van der Waals surface area contributed by atoms with Gasteiger partial charge in [-0.1, -0.05) is 48.0 Å². The summed E-state index contributed by atoms with van der Waals surface area (Å²) >= 11 is 4.33. The predicted molar refractivity (Wildman–Crippen MR) is 128 cm³/mol. The van der Waals surface area contributed by atoms with Crippen LogP contribution in [0.1, 0.15) is 51.8 Å². The van der Waals surface area contributed by atoms with E-state index in [2.05, 4.69) is 63.7 Å². The highest BCUT2D eigenvalue weighted by atomic mass is 32.1. The molecule has 0 fully saturated rings. The molecule has 0 heterocycles. The Kier molecular flexibility index (Phi) is 6.21. The normalized spacial score (nSPS) is 16.4. The zero-order chi connectivity index (χ0) is 21.3. The zero-order valence-corrected chi connectivity index (χ0v) is 18.9. The van der Waals surface area contributed by atoms with Gasteiger partial charge in [0.25, 0.3) is 0 Å². The van der Waals surface area contributed by atoms with E-state index in [1.807, 2.05) is 24.3 Å². The number of hydrogen-bond acceptors (Lipinski definition) is 3. The number of thiol groups is 1. The van der Waals surface area contributed by atoms with E-state index >= 15 is 0 Å². The van der Waals surface area contributed by atoms with Gasteiger partial charge < -0.3 is 9.84 Å². The van der Waals surface area contributed by atoms with Crippen LogP contribution in [0.25, 0.3) is 11.1 Å². The molecule has 1 aliphatic rings. The summed E-state index contributed by atoms with van der Waals surface area (Å²) in [4.78, 5) is 0. The van der Waals surface area contributed by atoms with E-state index in [4.69, 9.17) is 4.74 Å². The summed E-state index contributed by atoms with van der Waals surface area (Å²) in [5.74, 6) is 1.58. The van der Waals surface area contributed by atoms with Crippen molar-refractivity contribution in [1.29, 1.82) is 0 Å². The molecule has 0 saturated carbocycles. The summed E-state index contributed by atoms with van der Waals surface area (Å²) in [5, 5.41) is 9.48. The molecule has 0 amide bonds. The molecule has 30 heavy (non-hydrogen) atoms. The maximum absolute atomic E-state index is 9.48. The fourth-order valence-electron chi connectivity index (χ4n) is 4.83. The lowest BCUT2D eigenvalue weighted by Gasteiger charge is -2.18. The highest BCUT2D eigenvalue weighted by molar-refractivity contribution is 7.80. The van der Waals surface area contributed by atoms with Crippen molar-refractivity contribution >= 4 is 12.6 Å². The highest BCUT2D eigenvalue weighted by Gasteiger charge is 2.27. The number of rotatable bonds is 6. The quantitative estimate of drug-likeness (QED) is 0.457. The largest absolute Gasteiger partial charge is 0.486 e. The Balaban J connectivity index is 1.61. The summed E-state index contributed by atoms with van der Waals surface area (Å²) in [6, 6.07) is 19.3. The lowest BCUT2D eigenvalue weighted by Crippen LogP contribution is -2.06. The van der Waals surface area contributed by atoms with Crippen LogP contribution in [0.15, 0.2) is 54.6 Å². The molecular formula is C27H30O2S. The molecule has 156 valence electrons. The summed E-state index contributed by atoms with van der Waals surface area (Å²) in [6.07, 6.45) is 2.11. The second-order valence-corrected chi connectivity index (χ2v) is 8.79. The molecule has 0 radical (unpaired) electrons. The number of fused-ring (bicyclic) bond motifs is 1. The molecule has 3 heteroatoms. The van der Waals surface area contributed by atoms with Gasteiger partial charge in [-0.2, -0.15) is 12.6 Å². The molecule has 2 nitrogen and oxygen atoms in total. The van der Waals surface area contributed by atoms with Crippen LogP contribution >= 0.6 is 12.6 Å². The Bertz CT molecular complexity index is 1010. The van der Waals surface area contributed by atoms with E-state index in [0.29, 0.717) is 5.75 Å². The number of aliphatic hydroxyl groups excluding tert-OH is 1. The topological polar surface area (TPSA) is 29.5 Å². The van der Waals surface area contributed by atoms with Gasteiger partial charge in [-0.15, -0.1) is 0 Å². The van der Waals surface area contributed by atoms with Crippen LogP contribution in [0, 0.1) is 20.8 Å². The Morgan fingerprint density at radius 3 is 2.37 bits per heavy atom. The van der Waals surface area contributed by atoms with Gasteiger partial charge in [0.05, 0.1) is 6.61 Å². The molecule has 0 saturated heterocycles. The summed E-state index contributed by atoms with van der Waals surface area (Å²) in [5.41, 5.74) is 10.5. The second-order valence-electron chi connectivity index (χ2n) is 8.42. The minimum Gasteiger partial charge on any atom is -0.486 e. The third kappa shape index (κ3) is 4.01. The van der Waals surface area contributed by atoms with E-state index in [9.17, 15) is 5.11 Å². The van der Waals surface area contributed by atoms with Gasteiger partial charge in [0, 0.05) is 5.92 Å². The van der Waals surface area contributed by atoms with E-state index in [0.717, 1.165) is 24.2 Å². The smallest absolute Gasteiger partial charge is 0.124 e. The molecule has 0 spiro atoms. The first-order valence-electron chi connectivity index (χ1n) is 10.7. The molecule has 0 aliphatic heterocycles. The molecule has 1 aliphatic carbocycles. The van der Waals surface area contributed by atoms with Gasteiger partial charge in [0.2, 0.25) is 0 Å². The number of hydrogen-bond donors (Lipinski definition) is 2. The van der Waals surface area contributed by atoms with Gasteiger partial charge >= 0.3 is 0 Å². The van der Waals surface area contributed by atoms with Gasteiger partial charge in [0.1, 0.15) is 11.9 Å². The van der Waals surface area contributed by atoms with Crippen LogP contribution < -0.4 is 4.74 Å². The number of benzene rings is 3. The van der Waals surface area contributed by atoms with Crippen molar-refractivity contribution in [1.82, 2.24) is 0 Å². The van der Waals surface area contributed by atoms with Gasteiger partial charge in [-0.05, 0) is 90.4 Å². The van der Waals surface area contributed by atoms with Gasteiger partial charge in [-0.25, -0.2) is 0 Å². The van der Waals surface area contributed by atoms with Crippen molar-refractivity contribution in [3.63, 3.8) is 0 Å². The molecule has 2 atom stereocenters. The Labute approximate surface area is 185 Å². The minimum atomic E-state index is 0.0677. The Morgan fingerprint density at radius 1 is 1.03 bits per heavy atom. The van der Waals surface area contributed by atoms with E-state index in [1.165, 1.54) is 38.9 Å². The van der Waals surface area contributed by atoms with Crippen LogP contribution in [-0.2, 0) is 6.42 Å². The zero-order valence-electron chi connectivity index (χ0n) is 18.0. The first-order chi connectivity index (χ1) is 14.5.